The van der Waals surface area contributed by atoms with Crippen molar-refractivity contribution in [2.24, 2.45) is 5.10 Å². The summed E-state index contributed by atoms with van der Waals surface area (Å²) in [4.78, 5) is 15.4. The molecular formula is C47H30N6O. The van der Waals surface area contributed by atoms with Crippen LogP contribution in [0.25, 0.3) is 84.1 Å². The summed E-state index contributed by atoms with van der Waals surface area (Å²) in [5.41, 5.74) is 12.9. The van der Waals surface area contributed by atoms with Gasteiger partial charge in [-0.2, -0.15) is 5.10 Å². The molecule has 2 N–H and O–H groups in total. The Labute approximate surface area is 310 Å². The van der Waals surface area contributed by atoms with Crippen LogP contribution >= 0.6 is 0 Å². The predicted octanol–water partition coefficient (Wildman–Crippen LogP) is 11.5. The number of hydrazone groups is 1. The number of benzene rings is 7. The quantitative estimate of drug-likeness (QED) is 0.169. The molecule has 7 heteroatoms. The van der Waals surface area contributed by atoms with E-state index in [-0.39, 0.29) is 0 Å². The van der Waals surface area contributed by atoms with Crippen molar-refractivity contribution < 1.29 is 4.42 Å². The van der Waals surface area contributed by atoms with E-state index >= 15 is 0 Å². The summed E-state index contributed by atoms with van der Waals surface area (Å²) in [6.07, 6.45) is 3.89. The monoisotopic (exact) mass is 694 g/mol. The van der Waals surface area contributed by atoms with Crippen LogP contribution < -0.4 is 5.43 Å². The molecule has 0 amide bonds. The summed E-state index contributed by atoms with van der Waals surface area (Å²) in [7, 11) is 0. The number of hydrogen-bond donors (Lipinski definition) is 2. The molecule has 10 rings (SSSR count). The minimum atomic E-state index is 0.341. The smallest absolute Gasteiger partial charge is 0.164 e. The van der Waals surface area contributed by atoms with Crippen molar-refractivity contribution in [2.45, 2.75) is 0 Å². The second kappa shape index (κ2) is 12.9. The zero-order chi connectivity index (χ0) is 36.0. The third-order valence-corrected chi connectivity index (χ3v) is 9.84. The largest absolute Gasteiger partial charge is 0.456 e. The molecule has 0 bridgehead atoms. The molecule has 2 aromatic heterocycles. The highest BCUT2D eigenvalue weighted by Crippen LogP contribution is 2.36. The van der Waals surface area contributed by atoms with E-state index in [1.165, 1.54) is 0 Å². The minimum absolute atomic E-state index is 0.341. The lowest BCUT2D eigenvalue weighted by Gasteiger charge is -2.17. The van der Waals surface area contributed by atoms with Crippen LogP contribution in [0.4, 0.5) is 5.69 Å². The number of hydrogen-bond acceptors (Lipinski definition) is 7. The first-order valence-corrected chi connectivity index (χ1v) is 17.7. The van der Waals surface area contributed by atoms with Crippen molar-refractivity contribution in [1.29, 1.82) is 5.41 Å². The van der Waals surface area contributed by atoms with Gasteiger partial charge in [-0.1, -0.05) is 121 Å². The van der Waals surface area contributed by atoms with Gasteiger partial charge < -0.3 is 4.42 Å². The number of nitrogens with one attached hydrogen (secondary N) is 2. The van der Waals surface area contributed by atoms with Crippen LogP contribution in [0.2, 0.25) is 0 Å². The van der Waals surface area contributed by atoms with Crippen LogP contribution in [0, 0.1) is 5.41 Å². The Bertz CT molecular complexity index is 2980. The summed E-state index contributed by atoms with van der Waals surface area (Å²) in [6, 6.07) is 52.7. The van der Waals surface area contributed by atoms with Gasteiger partial charge in [0.05, 0.1) is 11.4 Å². The first-order chi connectivity index (χ1) is 26.7. The SMILES string of the molecule is N=C1/C(=N\Nc2ccccc2)C=Cc2ccc3ccc(-c4nc(-c5ccc6oc7ccccc7c6c5)nc(-c5ccccc5-c5ccccc5)n4)cc3c21. The third kappa shape index (κ3) is 5.52. The Morgan fingerprint density at radius 2 is 1.13 bits per heavy atom. The maximum atomic E-state index is 9.29. The molecule has 0 unspecified atom stereocenters. The van der Waals surface area contributed by atoms with Gasteiger partial charge >= 0.3 is 0 Å². The highest BCUT2D eigenvalue weighted by Gasteiger charge is 2.21. The van der Waals surface area contributed by atoms with E-state index in [1.54, 1.807) is 0 Å². The van der Waals surface area contributed by atoms with Crippen LogP contribution in [-0.4, -0.2) is 26.4 Å². The predicted molar refractivity (Wildman–Crippen MR) is 220 cm³/mol. The van der Waals surface area contributed by atoms with Crippen LogP contribution in [0.5, 0.6) is 0 Å². The van der Waals surface area contributed by atoms with Crippen molar-refractivity contribution in [3.63, 3.8) is 0 Å². The van der Waals surface area contributed by atoms with Gasteiger partial charge in [0, 0.05) is 33.0 Å². The molecule has 9 aromatic rings. The number of aromatic nitrogens is 3. The average Bonchev–Trinajstić information content (AvgIpc) is 3.61. The molecule has 254 valence electrons. The Balaban J connectivity index is 1.14. The standard InChI is InChI=1S/C47H30N6O/c48-44-40(53-52-34-13-5-2-6-14-34)25-23-31-21-19-30-20-22-32(27-38(30)43(31)44)45-49-46(33-24-26-42-39(28-33)36-16-9-10-18-41(36)54-42)51-47(50-45)37-17-8-7-15-35(37)29-11-3-1-4-12-29/h1-28,48,52H/b48-44?,53-40-. The zero-order valence-electron chi connectivity index (χ0n) is 28.9. The lowest BCUT2D eigenvalue weighted by molar-refractivity contribution is 0.669. The normalized spacial score (nSPS) is 13.2. The molecule has 7 aromatic carbocycles. The van der Waals surface area contributed by atoms with Crippen molar-refractivity contribution >= 4 is 55.9 Å². The van der Waals surface area contributed by atoms with Crippen LogP contribution in [0.1, 0.15) is 11.1 Å². The molecule has 1 aliphatic rings. The van der Waals surface area contributed by atoms with Crippen LogP contribution in [-0.2, 0) is 0 Å². The molecule has 0 fully saturated rings. The molecule has 0 saturated heterocycles. The van der Waals surface area contributed by atoms with Crippen molar-refractivity contribution in [2.75, 3.05) is 5.43 Å². The number of para-hydroxylation sites is 2. The summed E-state index contributed by atoms with van der Waals surface area (Å²) in [6.45, 7) is 0. The van der Waals surface area contributed by atoms with Crippen molar-refractivity contribution in [1.82, 2.24) is 15.0 Å². The molecule has 2 heterocycles. The lowest BCUT2D eigenvalue weighted by atomic mass is 9.88. The third-order valence-electron chi connectivity index (χ3n) is 9.84. The Kier molecular flexibility index (Phi) is 7.47. The molecule has 7 nitrogen and oxygen atoms in total. The van der Waals surface area contributed by atoms with Crippen molar-refractivity contribution in [3.8, 4) is 45.3 Å². The van der Waals surface area contributed by atoms with E-state index in [4.69, 9.17) is 19.4 Å². The number of rotatable bonds is 6. The molecule has 0 atom stereocenters. The molecule has 54 heavy (non-hydrogen) atoms. The molecule has 0 spiro atoms. The van der Waals surface area contributed by atoms with Gasteiger partial charge in [-0.3, -0.25) is 10.8 Å². The first kappa shape index (κ1) is 31.2. The van der Waals surface area contributed by atoms with Gasteiger partial charge in [0.2, 0.25) is 0 Å². The first-order valence-electron chi connectivity index (χ1n) is 17.7. The van der Waals surface area contributed by atoms with Gasteiger partial charge in [-0.15, -0.1) is 0 Å². The Hall–Kier alpha value is -7.51. The van der Waals surface area contributed by atoms with E-state index in [2.05, 4.69) is 71.2 Å². The molecular weight excluding hydrogens is 665 g/mol. The van der Waals surface area contributed by atoms with E-state index in [1.807, 2.05) is 109 Å². The molecule has 0 radical (unpaired) electrons. The number of furan rings is 1. The zero-order valence-corrected chi connectivity index (χ0v) is 28.9. The summed E-state index contributed by atoms with van der Waals surface area (Å²) in [5, 5.41) is 17.9. The maximum Gasteiger partial charge on any atom is 0.164 e. The van der Waals surface area contributed by atoms with E-state index in [9.17, 15) is 5.41 Å². The Morgan fingerprint density at radius 3 is 1.94 bits per heavy atom. The van der Waals surface area contributed by atoms with Gasteiger partial charge in [-0.25, -0.2) is 15.0 Å². The number of allylic oxidation sites excluding steroid dienone is 1. The highest BCUT2D eigenvalue weighted by atomic mass is 16.3. The number of nitrogens with zero attached hydrogens (tertiary/aromatic N) is 4. The summed E-state index contributed by atoms with van der Waals surface area (Å²) in [5.74, 6) is 1.66. The van der Waals surface area contributed by atoms with E-state index in [0.29, 0.717) is 28.9 Å². The lowest BCUT2D eigenvalue weighted by Crippen LogP contribution is -2.18. The fourth-order valence-corrected chi connectivity index (χ4v) is 7.17. The maximum absolute atomic E-state index is 9.29. The Morgan fingerprint density at radius 1 is 0.500 bits per heavy atom. The average molecular weight is 695 g/mol. The molecule has 1 aliphatic carbocycles. The summed E-state index contributed by atoms with van der Waals surface area (Å²) >= 11 is 0. The van der Waals surface area contributed by atoms with Crippen LogP contribution in [0.3, 0.4) is 0 Å². The minimum Gasteiger partial charge on any atom is -0.456 e. The number of anilines is 1. The topological polar surface area (TPSA) is 100 Å². The van der Waals surface area contributed by atoms with Gasteiger partial charge in [0.15, 0.2) is 17.5 Å². The van der Waals surface area contributed by atoms with E-state index < -0.39 is 0 Å². The second-order valence-corrected chi connectivity index (χ2v) is 13.2. The summed E-state index contributed by atoms with van der Waals surface area (Å²) < 4.78 is 6.15. The van der Waals surface area contributed by atoms with Gasteiger partial charge in [0.1, 0.15) is 16.9 Å². The molecule has 0 aliphatic heterocycles. The second-order valence-electron chi connectivity index (χ2n) is 13.2. The van der Waals surface area contributed by atoms with Gasteiger partial charge in [0.25, 0.3) is 0 Å². The van der Waals surface area contributed by atoms with Crippen molar-refractivity contribution in [3.05, 3.63) is 175 Å². The highest BCUT2D eigenvalue weighted by molar-refractivity contribution is 6.55. The van der Waals surface area contributed by atoms with Crippen LogP contribution in [0.15, 0.2) is 173 Å². The fourth-order valence-electron chi connectivity index (χ4n) is 7.17. The van der Waals surface area contributed by atoms with E-state index in [0.717, 1.165) is 77.3 Å². The fraction of sp³-hybridized carbons (Fsp3) is 0. The van der Waals surface area contributed by atoms with Gasteiger partial charge in [-0.05, 0) is 76.0 Å². The number of fused-ring (bicyclic) bond motifs is 6. The molecule has 0 saturated carbocycles.